The van der Waals surface area contributed by atoms with Gasteiger partial charge in [0.2, 0.25) is 5.91 Å². The molecule has 0 radical (unpaired) electrons. The first-order chi connectivity index (χ1) is 11.6. The molecule has 0 spiro atoms. The van der Waals surface area contributed by atoms with Crippen molar-refractivity contribution in [2.75, 3.05) is 6.54 Å². The van der Waals surface area contributed by atoms with Gasteiger partial charge in [0.05, 0.1) is 0 Å². The second-order valence-electron chi connectivity index (χ2n) is 7.49. The number of hydrogen-bond donors (Lipinski definition) is 1. The largest absolute Gasteiger partial charge is 0.409 e. The molecule has 1 heterocycles. The Morgan fingerprint density at radius 1 is 1.04 bits per heavy atom. The van der Waals surface area contributed by atoms with Crippen LogP contribution in [0.25, 0.3) is 10.8 Å². The van der Waals surface area contributed by atoms with Crippen molar-refractivity contribution in [1.82, 2.24) is 10.4 Å². The maximum Gasteiger partial charge on any atom is 0.409 e. The molecular formula is C19H21F3N2O. The van der Waals surface area contributed by atoms with Crippen LogP contribution in [0.3, 0.4) is 0 Å². The topological polar surface area (TPSA) is 32.3 Å². The molecule has 25 heavy (non-hydrogen) atoms. The number of benzene rings is 2. The number of fused-ring (bicyclic) bond motifs is 1. The Kier molecular flexibility index (Phi) is 4.27. The lowest BCUT2D eigenvalue weighted by Crippen LogP contribution is -2.43. The van der Waals surface area contributed by atoms with Crippen molar-refractivity contribution in [3.8, 4) is 0 Å². The van der Waals surface area contributed by atoms with Crippen LogP contribution < -0.4 is 5.43 Å². The predicted octanol–water partition coefficient (Wildman–Crippen LogP) is 4.48. The minimum absolute atomic E-state index is 0.0447. The highest BCUT2D eigenvalue weighted by Gasteiger charge is 2.46. The molecule has 1 aliphatic heterocycles. The van der Waals surface area contributed by atoms with Crippen LogP contribution in [0, 0.1) is 0 Å². The number of alkyl halides is 3. The smallest absolute Gasteiger partial charge is 0.288 e. The fourth-order valence-corrected chi connectivity index (χ4v) is 3.14. The average molecular weight is 350 g/mol. The zero-order chi connectivity index (χ0) is 18.4. The first kappa shape index (κ1) is 17.7. The molecule has 1 saturated heterocycles. The van der Waals surface area contributed by atoms with E-state index >= 15 is 0 Å². The predicted molar refractivity (Wildman–Crippen MR) is 90.9 cm³/mol. The number of nitrogens with zero attached hydrogens (tertiary/aromatic N) is 1. The number of carbonyl (C=O) groups is 1. The zero-order valence-corrected chi connectivity index (χ0v) is 14.4. The van der Waals surface area contributed by atoms with Crippen LogP contribution in [0.5, 0.6) is 0 Å². The van der Waals surface area contributed by atoms with Crippen LogP contribution in [0.1, 0.15) is 44.4 Å². The lowest BCUT2D eigenvalue weighted by molar-refractivity contribution is -0.191. The van der Waals surface area contributed by atoms with Gasteiger partial charge in [0.25, 0.3) is 0 Å². The Hall–Kier alpha value is -2.08. The molecule has 0 bridgehead atoms. The van der Waals surface area contributed by atoms with Crippen molar-refractivity contribution < 1.29 is 18.0 Å². The summed E-state index contributed by atoms with van der Waals surface area (Å²) in [5, 5.41) is 2.64. The third-order valence-electron chi connectivity index (χ3n) is 4.52. The van der Waals surface area contributed by atoms with Gasteiger partial charge in [0.1, 0.15) is 6.04 Å². The van der Waals surface area contributed by atoms with Crippen molar-refractivity contribution in [2.24, 2.45) is 0 Å². The molecule has 2 aromatic rings. The van der Waals surface area contributed by atoms with Gasteiger partial charge in [-0.25, -0.2) is 5.01 Å². The summed E-state index contributed by atoms with van der Waals surface area (Å²) in [5.74, 6) is -0.384. The molecule has 0 unspecified atom stereocenters. The van der Waals surface area contributed by atoms with Crippen molar-refractivity contribution in [2.45, 2.75) is 44.8 Å². The Bertz CT molecular complexity index is 808. The fourth-order valence-electron chi connectivity index (χ4n) is 3.14. The van der Waals surface area contributed by atoms with E-state index in [1.54, 1.807) is 12.1 Å². The number of amides is 1. The van der Waals surface area contributed by atoms with E-state index in [4.69, 9.17) is 0 Å². The van der Waals surface area contributed by atoms with E-state index in [0.717, 1.165) is 21.3 Å². The lowest BCUT2D eigenvalue weighted by atomic mass is 9.85. The lowest BCUT2D eigenvalue weighted by Gasteiger charge is -2.29. The van der Waals surface area contributed by atoms with E-state index < -0.39 is 12.2 Å². The monoisotopic (exact) mass is 350 g/mol. The SMILES string of the molecule is CC(C)(C)c1ccc2ccc([C@H](N3CCC(=O)N3)C(F)(F)F)cc2c1. The van der Waals surface area contributed by atoms with Gasteiger partial charge in [-0.15, -0.1) is 0 Å². The van der Waals surface area contributed by atoms with Gasteiger partial charge in [-0.2, -0.15) is 13.2 Å². The number of hydrazine groups is 1. The molecule has 1 fully saturated rings. The van der Waals surface area contributed by atoms with Gasteiger partial charge >= 0.3 is 6.18 Å². The van der Waals surface area contributed by atoms with Crippen LogP contribution in [0.4, 0.5) is 13.2 Å². The second-order valence-corrected chi connectivity index (χ2v) is 7.49. The Labute approximate surface area is 144 Å². The van der Waals surface area contributed by atoms with Crippen LogP contribution in [-0.2, 0) is 10.2 Å². The minimum Gasteiger partial charge on any atom is -0.288 e. The van der Waals surface area contributed by atoms with Crippen molar-refractivity contribution in [1.29, 1.82) is 0 Å². The number of halogens is 3. The van der Waals surface area contributed by atoms with E-state index in [0.29, 0.717) is 0 Å². The van der Waals surface area contributed by atoms with Crippen LogP contribution >= 0.6 is 0 Å². The van der Waals surface area contributed by atoms with Gasteiger partial charge in [-0.1, -0.05) is 51.1 Å². The van der Waals surface area contributed by atoms with E-state index in [2.05, 4.69) is 26.2 Å². The second kappa shape index (κ2) is 6.02. The first-order valence-corrected chi connectivity index (χ1v) is 8.23. The van der Waals surface area contributed by atoms with Crippen molar-refractivity contribution in [3.05, 3.63) is 47.5 Å². The van der Waals surface area contributed by atoms with E-state index in [-0.39, 0.29) is 29.9 Å². The number of rotatable bonds is 2. The molecular weight excluding hydrogens is 329 g/mol. The third-order valence-corrected chi connectivity index (χ3v) is 4.52. The molecule has 3 rings (SSSR count). The summed E-state index contributed by atoms with van der Waals surface area (Å²) in [5.41, 5.74) is 3.43. The van der Waals surface area contributed by atoms with Crippen molar-refractivity contribution >= 4 is 16.7 Å². The molecule has 1 atom stereocenters. The molecule has 1 aliphatic rings. The summed E-state index contributed by atoms with van der Waals surface area (Å²) >= 11 is 0. The van der Waals surface area contributed by atoms with Gasteiger partial charge in [0, 0.05) is 13.0 Å². The molecule has 0 aliphatic carbocycles. The maximum absolute atomic E-state index is 13.7. The highest BCUT2D eigenvalue weighted by atomic mass is 19.4. The summed E-state index contributed by atoms with van der Waals surface area (Å²) in [6, 6.07) is 8.79. The first-order valence-electron chi connectivity index (χ1n) is 8.23. The molecule has 6 heteroatoms. The Morgan fingerprint density at radius 3 is 2.28 bits per heavy atom. The van der Waals surface area contributed by atoms with Crippen LogP contribution in [-0.4, -0.2) is 23.6 Å². The van der Waals surface area contributed by atoms with Gasteiger partial charge in [-0.3, -0.25) is 10.2 Å². The summed E-state index contributed by atoms with van der Waals surface area (Å²) < 4.78 is 41.0. The van der Waals surface area contributed by atoms with Gasteiger partial charge < -0.3 is 0 Å². The number of hydrogen-bond acceptors (Lipinski definition) is 2. The van der Waals surface area contributed by atoms with Crippen LogP contribution in [0.2, 0.25) is 0 Å². The van der Waals surface area contributed by atoms with Gasteiger partial charge in [-0.05, 0) is 33.4 Å². The summed E-state index contributed by atoms with van der Waals surface area (Å²) in [4.78, 5) is 11.4. The summed E-state index contributed by atoms with van der Waals surface area (Å²) in [6.45, 7) is 6.24. The Balaban J connectivity index is 2.07. The third kappa shape index (κ3) is 3.63. The molecule has 1 amide bonds. The van der Waals surface area contributed by atoms with Crippen LogP contribution in [0.15, 0.2) is 36.4 Å². The fraction of sp³-hybridized carbons (Fsp3) is 0.421. The summed E-state index contributed by atoms with van der Waals surface area (Å²) in [6.07, 6.45) is -4.40. The van der Waals surface area contributed by atoms with Gasteiger partial charge in [0.15, 0.2) is 0 Å². The zero-order valence-electron chi connectivity index (χ0n) is 14.4. The molecule has 2 aromatic carbocycles. The van der Waals surface area contributed by atoms with E-state index in [9.17, 15) is 18.0 Å². The molecule has 0 saturated carbocycles. The standard InChI is InChI=1S/C19H21F3N2O/c1-18(2,3)15-7-6-12-4-5-13(10-14(12)11-15)17(19(20,21)22)24-9-8-16(25)23-24/h4-7,10-11,17H,8-9H2,1-3H3,(H,23,25)/t17-/m0/s1. The molecule has 0 aromatic heterocycles. The van der Waals surface area contributed by atoms with E-state index in [1.807, 2.05) is 18.2 Å². The average Bonchev–Trinajstić information content (AvgIpc) is 2.90. The number of nitrogens with one attached hydrogen (secondary N) is 1. The van der Waals surface area contributed by atoms with Crippen molar-refractivity contribution in [3.63, 3.8) is 0 Å². The quantitative estimate of drug-likeness (QED) is 0.866. The minimum atomic E-state index is -4.48. The normalized spacial score (nSPS) is 17.8. The highest BCUT2D eigenvalue weighted by Crippen LogP contribution is 2.39. The number of carbonyl (C=O) groups excluding carboxylic acids is 1. The highest BCUT2D eigenvalue weighted by molar-refractivity contribution is 5.84. The summed E-state index contributed by atoms with van der Waals surface area (Å²) in [7, 11) is 0. The molecule has 3 nitrogen and oxygen atoms in total. The molecule has 134 valence electrons. The maximum atomic E-state index is 13.7. The molecule has 1 N–H and O–H groups in total. The van der Waals surface area contributed by atoms with E-state index in [1.165, 1.54) is 6.07 Å². The Morgan fingerprint density at radius 2 is 1.72 bits per heavy atom.